The highest BCUT2D eigenvalue weighted by Gasteiger charge is 2.45. The van der Waals surface area contributed by atoms with Gasteiger partial charge in [-0.3, -0.25) is 0 Å². The largest absolute Gasteiger partial charge is 0.493 e. The minimum atomic E-state index is -5.09. The van der Waals surface area contributed by atoms with Crippen molar-refractivity contribution < 1.29 is 22.8 Å². The number of halogens is 3. The zero-order valence-corrected chi connectivity index (χ0v) is 12.6. The monoisotopic (exact) mass is 348 g/mol. The molecule has 0 bridgehead atoms. The minimum Gasteiger partial charge on any atom is -0.346 e. The average Bonchev–Trinajstić information content (AvgIpc) is 3.18. The number of hydrogen-bond acceptors (Lipinski definition) is 5. The Morgan fingerprint density at radius 3 is 2.76 bits per heavy atom. The van der Waals surface area contributed by atoms with E-state index in [4.69, 9.17) is 0 Å². The van der Waals surface area contributed by atoms with Gasteiger partial charge in [-0.1, -0.05) is 18.2 Å². The summed E-state index contributed by atoms with van der Waals surface area (Å²) in [6, 6.07) is 10.2. The number of nitrogens with zero attached hydrogens (tertiary/aromatic N) is 3. The minimum absolute atomic E-state index is 0.256. The highest BCUT2D eigenvalue weighted by molar-refractivity contribution is 5.91. The lowest BCUT2D eigenvalue weighted by Gasteiger charge is -2.30. The predicted molar refractivity (Wildman–Crippen MR) is 83.3 cm³/mol. The first-order valence-corrected chi connectivity index (χ1v) is 7.32. The fourth-order valence-electron chi connectivity index (χ4n) is 2.77. The summed E-state index contributed by atoms with van der Waals surface area (Å²) in [7, 11) is 0. The molecule has 2 aromatic heterocycles. The van der Waals surface area contributed by atoms with Crippen molar-refractivity contribution in [1.29, 1.82) is 0 Å². The quantitative estimate of drug-likeness (QED) is 0.770. The molecule has 1 aromatic carbocycles. The highest BCUT2D eigenvalue weighted by atomic mass is 19.4. The average molecular weight is 348 g/mol. The Morgan fingerprint density at radius 2 is 1.96 bits per heavy atom. The second kappa shape index (κ2) is 5.40. The van der Waals surface area contributed by atoms with E-state index in [2.05, 4.69) is 14.8 Å². The Morgan fingerprint density at radius 1 is 1.16 bits per heavy atom. The summed E-state index contributed by atoms with van der Waals surface area (Å²) in [5, 5.41) is 3.04. The van der Waals surface area contributed by atoms with Crippen molar-refractivity contribution in [2.24, 2.45) is 0 Å². The van der Waals surface area contributed by atoms with Crippen molar-refractivity contribution in [2.45, 2.75) is 12.7 Å². The molecule has 0 aliphatic carbocycles. The number of carbonyl (C=O) groups excluding carboxylic acids is 1. The van der Waals surface area contributed by atoms with E-state index >= 15 is 0 Å². The van der Waals surface area contributed by atoms with Crippen LogP contribution in [0.5, 0.6) is 0 Å². The molecule has 1 N–H and O–H groups in total. The molecule has 0 amide bonds. The van der Waals surface area contributed by atoms with E-state index in [-0.39, 0.29) is 6.54 Å². The number of aromatic amines is 1. The summed E-state index contributed by atoms with van der Waals surface area (Å²) >= 11 is 0. The van der Waals surface area contributed by atoms with E-state index in [1.807, 2.05) is 0 Å². The van der Waals surface area contributed by atoms with Gasteiger partial charge in [-0.15, -0.1) is 5.17 Å². The van der Waals surface area contributed by atoms with Gasteiger partial charge < -0.3 is 9.82 Å². The van der Waals surface area contributed by atoms with Crippen LogP contribution in [0.2, 0.25) is 0 Å². The van der Waals surface area contributed by atoms with Crippen LogP contribution in [0.15, 0.2) is 48.8 Å². The van der Waals surface area contributed by atoms with E-state index < -0.39 is 12.1 Å². The molecule has 3 aromatic rings. The Balaban J connectivity index is 1.79. The second-order valence-corrected chi connectivity index (χ2v) is 5.41. The van der Waals surface area contributed by atoms with Crippen molar-refractivity contribution in [1.82, 2.24) is 9.97 Å². The van der Waals surface area contributed by atoms with Crippen LogP contribution in [-0.2, 0) is 16.2 Å². The number of para-hydroxylation sites is 1. The van der Waals surface area contributed by atoms with Gasteiger partial charge in [0.15, 0.2) is 0 Å². The van der Waals surface area contributed by atoms with Gasteiger partial charge in [-0.2, -0.15) is 13.2 Å². The summed E-state index contributed by atoms with van der Waals surface area (Å²) in [4.78, 5) is 23.1. The van der Waals surface area contributed by atoms with E-state index in [1.54, 1.807) is 42.6 Å². The predicted octanol–water partition coefficient (Wildman–Crippen LogP) is 3.33. The Kier molecular flexibility index (Phi) is 3.31. The fraction of sp³-hybridized carbons (Fsp3) is 0.125. The molecule has 0 radical (unpaired) electrons. The maximum atomic E-state index is 12.7. The van der Waals surface area contributed by atoms with Crippen LogP contribution < -0.4 is 10.2 Å². The Labute approximate surface area is 139 Å². The third-order valence-corrected chi connectivity index (χ3v) is 3.85. The topological polar surface area (TPSA) is 61.5 Å². The van der Waals surface area contributed by atoms with E-state index in [1.165, 1.54) is 11.2 Å². The number of alkyl halides is 3. The van der Waals surface area contributed by atoms with Gasteiger partial charge in [0, 0.05) is 23.3 Å². The second-order valence-electron chi connectivity index (χ2n) is 5.41. The summed E-state index contributed by atoms with van der Waals surface area (Å²) < 4.78 is 38.0. The summed E-state index contributed by atoms with van der Waals surface area (Å²) in [5.41, 5.74) is 2.26. The van der Waals surface area contributed by atoms with Crippen LogP contribution >= 0.6 is 0 Å². The molecule has 0 saturated carbocycles. The van der Waals surface area contributed by atoms with Gasteiger partial charge in [0.1, 0.15) is 11.3 Å². The van der Waals surface area contributed by atoms with Crippen LogP contribution in [-0.4, -0.2) is 22.1 Å². The lowest BCUT2D eigenvalue weighted by atomic mass is 10.2. The summed E-state index contributed by atoms with van der Waals surface area (Å²) in [6.45, 7) is 0.256. The molecule has 3 heterocycles. The lowest BCUT2D eigenvalue weighted by molar-refractivity contribution is -0.201. The van der Waals surface area contributed by atoms with Crippen molar-refractivity contribution in [3.8, 4) is 0 Å². The molecule has 0 fully saturated rings. The maximum absolute atomic E-state index is 12.7. The van der Waals surface area contributed by atoms with Gasteiger partial charge in [-0.05, 0) is 18.2 Å². The smallest absolute Gasteiger partial charge is 0.346 e. The number of hydrazine groups is 1. The Hall–Kier alpha value is -3.23. The molecule has 0 spiro atoms. The van der Waals surface area contributed by atoms with Crippen LogP contribution in [0, 0.1) is 0 Å². The highest BCUT2D eigenvalue weighted by Crippen LogP contribution is 2.38. The van der Waals surface area contributed by atoms with Gasteiger partial charge >= 0.3 is 12.1 Å². The molecule has 1 aliphatic heterocycles. The number of aromatic nitrogens is 2. The molecule has 128 valence electrons. The molecule has 25 heavy (non-hydrogen) atoms. The molecule has 0 unspecified atom stereocenters. The van der Waals surface area contributed by atoms with Crippen molar-refractivity contribution >= 4 is 28.4 Å². The van der Waals surface area contributed by atoms with E-state index in [0.29, 0.717) is 22.4 Å². The van der Waals surface area contributed by atoms with E-state index in [9.17, 15) is 18.0 Å². The van der Waals surface area contributed by atoms with Gasteiger partial charge in [-0.25, -0.2) is 14.8 Å². The van der Waals surface area contributed by atoms with Crippen LogP contribution in [0.3, 0.4) is 0 Å². The first-order valence-electron chi connectivity index (χ1n) is 7.32. The third kappa shape index (κ3) is 2.53. The fourth-order valence-corrected chi connectivity index (χ4v) is 2.77. The molecule has 1 aliphatic rings. The molecule has 0 saturated heterocycles. The van der Waals surface area contributed by atoms with Crippen molar-refractivity contribution in [2.75, 3.05) is 10.2 Å². The van der Waals surface area contributed by atoms with Crippen molar-refractivity contribution in [3.63, 3.8) is 0 Å². The normalized spacial score (nSPS) is 14.0. The molecule has 9 heteroatoms. The van der Waals surface area contributed by atoms with Crippen LogP contribution in [0.25, 0.3) is 11.0 Å². The van der Waals surface area contributed by atoms with Crippen LogP contribution in [0.4, 0.5) is 24.5 Å². The molecule has 4 rings (SSSR count). The van der Waals surface area contributed by atoms with Crippen molar-refractivity contribution in [3.05, 3.63) is 54.4 Å². The zero-order chi connectivity index (χ0) is 17.6. The Bertz CT molecular complexity index is 954. The SMILES string of the molecule is O=C(ON1c2ccccc2CN1c1ccnc2[nH]ccc12)C(F)(F)F. The van der Waals surface area contributed by atoms with Gasteiger partial charge in [0.2, 0.25) is 0 Å². The standard InChI is InChI=1S/C16H11F3N4O2/c17-16(18,19)15(24)25-23-12-4-2-1-3-10(12)9-22(23)13-6-8-21-14-11(13)5-7-20-14/h1-8H,9H2,(H,20,21). The maximum Gasteiger partial charge on any atom is 0.493 e. The molecular formula is C16H11F3N4O2. The van der Waals surface area contributed by atoms with Crippen LogP contribution in [0.1, 0.15) is 5.56 Å². The number of carbonyl (C=O) groups is 1. The number of anilines is 2. The first-order chi connectivity index (χ1) is 11.9. The lowest BCUT2D eigenvalue weighted by Crippen LogP contribution is -2.43. The number of nitrogens with one attached hydrogen (secondary N) is 1. The number of rotatable bonds is 2. The number of H-pyrrole nitrogens is 1. The molecule has 0 atom stereocenters. The number of fused-ring (bicyclic) bond motifs is 2. The first kappa shape index (κ1) is 15.3. The van der Waals surface area contributed by atoms with E-state index in [0.717, 1.165) is 10.7 Å². The van der Waals surface area contributed by atoms with Gasteiger partial charge in [0.05, 0.1) is 12.2 Å². The summed E-state index contributed by atoms with van der Waals surface area (Å²) in [6.07, 6.45) is -1.89. The molecule has 6 nitrogen and oxygen atoms in total. The van der Waals surface area contributed by atoms with Gasteiger partial charge in [0.25, 0.3) is 0 Å². The number of pyridine rings is 1. The molecular weight excluding hydrogens is 337 g/mol. The zero-order valence-electron chi connectivity index (χ0n) is 12.6. The third-order valence-electron chi connectivity index (χ3n) is 3.85. The number of hydrogen-bond donors (Lipinski definition) is 1. The number of benzene rings is 1. The summed E-state index contributed by atoms with van der Waals surface area (Å²) in [5.74, 6) is -2.28.